The van der Waals surface area contributed by atoms with Crippen molar-refractivity contribution in [2.24, 2.45) is 5.92 Å². The number of halogens is 4. The zero-order chi connectivity index (χ0) is 18.3. The minimum atomic E-state index is -4.00. The Morgan fingerprint density at radius 2 is 1.75 bits per heavy atom. The van der Waals surface area contributed by atoms with Gasteiger partial charge in [-0.2, -0.15) is 13.2 Å². The average molecular weight is 348 g/mol. The maximum atomic E-state index is 12.2. The number of nitrogens with zero attached hydrogens (tertiary/aromatic N) is 1. The fourth-order valence-electron chi connectivity index (χ4n) is 2.14. The number of carbonyl (C=O) groups excluding carboxylic acids is 2. The highest BCUT2D eigenvalue weighted by atomic mass is 19.4. The minimum Gasteiger partial charge on any atom is -0.324 e. The summed E-state index contributed by atoms with van der Waals surface area (Å²) < 4.78 is 40.6. The van der Waals surface area contributed by atoms with Gasteiger partial charge in [0.1, 0.15) is 0 Å². The van der Waals surface area contributed by atoms with Gasteiger partial charge in [-0.05, 0) is 25.0 Å². The van der Waals surface area contributed by atoms with Crippen molar-refractivity contribution in [3.05, 3.63) is 24.3 Å². The Labute approximate surface area is 137 Å². The molecule has 1 saturated carbocycles. The monoisotopic (exact) mass is 348 g/mol. The van der Waals surface area contributed by atoms with Crippen molar-refractivity contribution in [3.63, 3.8) is 0 Å². The summed E-state index contributed by atoms with van der Waals surface area (Å²) in [7, 11) is 0.500. The van der Waals surface area contributed by atoms with Crippen molar-refractivity contribution in [1.29, 1.82) is 0 Å². The van der Waals surface area contributed by atoms with Crippen LogP contribution in [-0.2, 0) is 9.59 Å². The van der Waals surface area contributed by atoms with Gasteiger partial charge < -0.3 is 10.2 Å². The van der Waals surface area contributed by atoms with E-state index in [1.807, 2.05) is 24.3 Å². The Bertz CT molecular complexity index is 565. The quantitative estimate of drug-likeness (QED) is 0.782. The molecule has 0 radical (unpaired) electrons. The van der Waals surface area contributed by atoms with Crippen molar-refractivity contribution in [1.82, 2.24) is 0 Å². The van der Waals surface area contributed by atoms with E-state index >= 15 is 0 Å². The first kappa shape index (κ1) is 19.9. The van der Waals surface area contributed by atoms with Gasteiger partial charge in [0.15, 0.2) is 0 Å². The number of hydrogen-bond acceptors (Lipinski definition) is 2. The Balaban J connectivity index is 0.000000356. The van der Waals surface area contributed by atoms with Crippen LogP contribution < -0.4 is 10.2 Å². The molecule has 1 aromatic rings. The normalized spacial score (nSPS) is 16.4. The van der Waals surface area contributed by atoms with Crippen LogP contribution in [0, 0.1) is 5.92 Å². The fourth-order valence-corrected chi connectivity index (χ4v) is 2.14. The third-order valence-corrected chi connectivity index (χ3v) is 3.22. The van der Waals surface area contributed by atoms with Crippen LogP contribution in [0.5, 0.6) is 0 Å². The van der Waals surface area contributed by atoms with Crippen molar-refractivity contribution < 1.29 is 27.2 Å². The van der Waals surface area contributed by atoms with Crippen LogP contribution in [0.25, 0.3) is 0 Å². The van der Waals surface area contributed by atoms with E-state index in [-0.39, 0.29) is 24.7 Å². The maximum absolute atomic E-state index is 12.2. The van der Waals surface area contributed by atoms with E-state index in [1.54, 1.807) is 4.90 Å². The highest BCUT2D eigenvalue weighted by Crippen LogP contribution is 2.36. The highest BCUT2D eigenvalue weighted by Gasteiger charge is 2.35. The molecule has 24 heavy (non-hydrogen) atoms. The molecule has 1 aliphatic carbocycles. The number of carbonyl (C=O) groups is 2. The topological polar surface area (TPSA) is 49.4 Å². The highest BCUT2D eigenvalue weighted by molar-refractivity contribution is 6.04. The van der Waals surface area contributed by atoms with Crippen molar-refractivity contribution in [2.45, 2.75) is 32.4 Å². The van der Waals surface area contributed by atoms with Crippen molar-refractivity contribution >= 4 is 23.2 Å². The predicted molar refractivity (Wildman–Crippen MR) is 83.5 cm³/mol. The number of anilines is 2. The van der Waals surface area contributed by atoms with Crippen LogP contribution in [0.1, 0.15) is 26.2 Å². The van der Waals surface area contributed by atoms with E-state index in [0.29, 0.717) is 20.1 Å². The number of benzene rings is 1. The summed E-state index contributed by atoms with van der Waals surface area (Å²) in [4.78, 5) is 25.5. The summed E-state index contributed by atoms with van der Waals surface area (Å²) in [6.45, 7) is 0.672. The minimum absolute atomic E-state index is 0.0245. The van der Waals surface area contributed by atoms with E-state index in [2.05, 4.69) is 5.32 Å². The molecular formula is C16H20F4N2O2. The smallest absolute Gasteiger partial charge is 0.324 e. The molecule has 1 aliphatic heterocycles. The van der Waals surface area contributed by atoms with Crippen LogP contribution >= 0.6 is 0 Å². The molecule has 0 spiro atoms. The third-order valence-electron chi connectivity index (χ3n) is 3.22. The summed E-state index contributed by atoms with van der Waals surface area (Å²) in [5.41, 5.74) is 1.57. The van der Waals surface area contributed by atoms with E-state index in [9.17, 15) is 27.2 Å². The van der Waals surface area contributed by atoms with Gasteiger partial charge in [-0.1, -0.05) is 12.1 Å². The first-order chi connectivity index (χ1) is 11.3. The summed E-state index contributed by atoms with van der Waals surface area (Å²) in [6.07, 6.45) is -1.66. The van der Waals surface area contributed by atoms with Gasteiger partial charge in [0, 0.05) is 25.8 Å². The largest absolute Gasteiger partial charge is 0.386 e. The zero-order valence-corrected chi connectivity index (χ0v) is 13.5. The molecule has 0 unspecified atom stereocenters. The number of nitrogens with one attached hydrogen (secondary N) is 1. The number of alkyl halides is 4. The molecule has 0 bridgehead atoms. The Morgan fingerprint density at radius 3 is 2.29 bits per heavy atom. The molecule has 0 saturated heterocycles. The maximum Gasteiger partial charge on any atom is 0.386 e. The fraction of sp³-hybridized carbons (Fsp3) is 0.500. The van der Waals surface area contributed by atoms with Crippen molar-refractivity contribution in [2.75, 3.05) is 23.9 Å². The van der Waals surface area contributed by atoms with Gasteiger partial charge in [-0.25, -0.2) is 0 Å². The molecule has 1 N–H and O–H groups in total. The lowest BCUT2D eigenvalue weighted by Crippen LogP contribution is -2.33. The number of hydrogen-bond donors (Lipinski definition) is 1. The molecular weight excluding hydrogens is 328 g/mol. The number of amides is 2. The lowest BCUT2D eigenvalue weighted by molar-refractivity contribution is -0.120. The molecule has 0 aromatic heterocycles. The molecule has 4 nitrogen and oxygen atoms in total. The first-order valence-electron chi connectivity index (χ1n) is 7.40. The Morgan fingerprint density at radius 1 is 1.21 bits per heavy atom. The van der Waals surface area contributed by atoms with Crippen molar-refractivity contribution in [3.8, 4) is 0 Å². The van der Waals surface area contributed by atoms with E-state index < -0.39 is 6.18 Å². The van der Waals surface area contributed by atoms with Crippen LogP contribution in [-0.4, -0.2) is 31.7 Å². The summed E-state index contributed by atoms with van der Waals surface area (Å²) in [6, 6.07) is 7.49. The third kappa shape index (κ3) is 6.55. The van der Waals surface area contributed by atoms with E-state index in [1.165, 1.54) is 0 Å². The van der Waals surface area contributed by atoms with Crippen LogP contribution in [0.2, 0.25) is 0 Å². The molecule has 3 rings (SSSR count). The number of fused-ring (bicyclic) bond motifs is 1. The SMILES string of the molecule is CC(F)(F)F.CF.O=C1CCN(C(=O)C2CC2)c2ccccc2N1. The zero-order valence-electron chi connectivity index (χ0n) is 13.5. The predicted octanol–water partition coefficient (Wildman–Crippen LogP) is 3.93. The summed E-state index contributed by atoms with van der Waals surface area (Å²) in [5.74, 6) is 0.314. The Kier molecular flexibility index (Phi) is 7.18. The van der Waals surface area contributed by atoms with E-state index in [4.69, 9.17) is 0 Å². The molecule has 1 fully saturated rings. The molecule has 134 valence electrons. The van der Waals surface area contributed by atoms with Gasteiger partial charge in [-0.3, -0.25) is 14.0 Å². The number of para-hydroxylation sites is 2. The standard InChI is InChI=1S/C13H14N2O2.C2H3F3.CH3F/c16-12-7-8-15(13(17)9-5-6-9)11-4-2-1-3-10(11)14-12;1-2(3,4)5;1-2/h1-4,9H,5-8H2,(H,14,16);1H3;1H3. The molecule has 1 heterocycles. The molecule has 0 atom stereocenters. The number of rotatable bonds is 1. The molecule has 2 aliphatic rings. The second kappa shape index (κ2) is 8.65. The van der Waals surface area contributed by atoms with Gasteiger partial charge in [0.2, 0.25) is 11.8 Å². The molecule has 1 aromatic carbocycles. The lowest BCUT2D eigenvalue weighted by atomic mass is 10.2. The molecule has 8 heteroatoms. The van der Waals surface area contributed by atoms with Crippen LogP contribution in [0.15, 0.2) is 24.3 Å². The van der Waals surface area contributed by atoms with Gasteiger partial charge in [-0.15, -0.1) is 0 Å². The van der Waals surface area contributed by atoms with Crippen LogP contribution in [0.3, 0.4) is 0 Å². The van der Waals surface area contributed by atoms with Gasteiger partial charge >= 0.3 is 6.18 Å². The first-order valence-corrected chi connectivity index (χ1v) is 7.40. The second-order valence-electron chi connectivity index (χ2n) is 5.36. The summed E-state index contributed by atoms with van der Waals surface area (Å²) >= 11 is 0. The van der Waals surface area contributed by atoms with E-state index in [0.717, 1.165) is 24.2 Å². The van der Waals surface area contributed by atoms with Gasteiger partial charge in [0.05, 0.1) is 18.6 Å². The lowest BCUT2D eigenvalue weighted by Gasteiger charge is -2.21. The Hall–Kier alpha value is -2.12. The molecule has 2 amide bonds. The van der Waals surface area contributed by atoms with Gasteiger partial charge in [0.25, 0.3) is 0 Å². The summed E-state index contributed by atoms with van der Waals surface area (Å²) in [5, 5.41) is 2.83. The van der Waals surface area contributed by atoms with Crippen LogP contribution in [0.4, 0.5) is 28.9 Å². The average Bonchev–Trinajstić information content (AvgIpc) is 3.34. The second-order valence-corrected chi connectivity index (χ2v) is 5.36.